The van der Waals surface area contributed by atoms with Gasteiger partial charge in [-0.15, -0.1) is 0 Å². The molecule has 0 saturated carbocycles. The minimum atomic E-state index is 1.06. The second-order valence-electron chi connectivity index (χ2n) is 7.41. The Hall–Kier alpha value is -0.120. The van der Waals surface area contributed by atoms with Crippen LogP contribution in [0.5, 0.6) is 0 Å². The molecule has 0 unspecified atom stereocenters. The lowest BCUT2D eigenvalue weighted by Crippen LogP contribution is -2.53. The molecule has 0 aliphatic rings. The number of rotatable bonds is 6. The van der Waals surface area contributed by atoms with Crippen LogP contribution in [0, 0.1) is 0 Å². The summed E-state index contributed by atoms with van der Waals surface area (Å²) in [6.45, 7) is 4.99. The third-order valence-corrected chi connectivity index (χ3v) is 2.75. The maximum Gasteiger partial charge on any atom is 0.128 e. The minimum Gasteiger partial charge on any atom is -0.326 e. The molecule has 0 aliphatic carbocycles. The summed E-state index contributed by atoms with van der Waals surface area (Å²) in [6, 6.07) is 0. The third kappa shape index (κ3) is 10.2. The van der Waals surface area contributed by atoms with Gasteiger partial charge in [-0.2, -0.15) is 0 Å². The molecule has 0 atom stereocenters. The topological polar surface area (TPSA) is 0 Å². The summed E-state index contributed by atoms with van der Waals surface area (Å²) in [4.78, 5) is 0. The van der Waals surface area contributed by atoms with Crippen LogP contribution in [0.2, 0.25) is 0 Å². The molecule has 0 aromatic carbocycles. The Kier molecular flexibility index (Phi) is 4.77. The molecule has 0 radical (unpaired) electrons. The van der Waals surface area contributed by atoms with Crippen LogP contribution in [-0.4, -0.2) is 96.0 Å². The molecule has 92 valence electrons. The van der Waals surface area contributed by atoms with E-state index in [1.807, 2.05) is 0 Å². The van der Waals surface area contributed by atoms with Crippen molar-refractivity contribution in [1.82, 2.24) is 0 Å². The van der Waals surface area contributed by atoms with Crippen molar-refractivity contribution < 1.29 is 13.4 Å². The highest BCUT2D eigenvalue weighted by atomic mass is 15.4. The zero-order chi connectivity index (χ0) is 12.3. The Balaban J connectivity index is 3.98. The lowest BCUT2D eigenvalue weighted by molar-refractivity contribution is -0.959. The van der Waals surface area contributed by atoms with Gasteiger partial charge in [-0.3, -0.25) is 0 Å². The lowest BCUT2D eigenvalue weighted by Gasteiger charge is -2.35. The van der Waals surface area contributed by atoms with Crippen LogP contribution in [0.3, 0.4) is 0 Å². The van der Waals surface area contributed by atoms with Crippen LogP contribution in [0.15, 0.2) is 0 Å². The van der Waals surface area contributed by atoms with Gasteiger partial charge in [0.25, 0.3) is 0 Å². The maximum absolute atomic E-state index is 2.34. The van der Waals surface area contributed by atoms with E-state index in [1.54, 1.807) is 0 Å². The van der Waals surface area contributed by atoms with Crippen LogP contribution >= 0.6 is 0 Å². The molecule has 0 N–H and O–H groups in total. The van der Waals surface area contributed by atoms with E-state index in [9.17, 15) is 0 Å². The van der Waals surface area contributed by atoms with Gasteiger partial charge in [0.2, 0.25) is 0 Å². The average molecular weight is 218 g/mol. The monoisotopic (exact) mass is 218 g/mol. The fraction of sp³-hybridized carbons (Fsp3) is 1.00. The molecule has 0 fully saturated rings. The van der Waals surface area contributed by atoms with Gasteiger partial charge in [-0.05, 0) is 0 Å². The number of quaternary nitrogens is 3. The molecule has 15 heavy (non-hydrogen) atoms. The molecule has 0 aromatic rings. The van der Waals surface area contributed by atoms with Crippen LogP contribution < -0.4 is 0 Å². The molecular formula is C12H32N3+3. The fourth-order valence-electron chi connectivity index (χ4n) is 1.25. The van der Waals surface area contributed by atoms with Gasteiger partial charge >= 0.3 is 0 Å². The first-order valence-corrected chi connectivity index (χ1v) is 5.84. The zero-order valence-corrected chi connectivity index (χ0v) is 12.2. The molecule has 0 spiro atoms. The van der Waals surface area contributed by atoms with Crippen molar-refractivity contribution in [1.29, 1.82) is 0 Å². The van der Waals surface area contributed by atoms with Crippen LogP contribution in [0.1, 0.15) is 0 Å². The van der Waals surface area contributed by atoms with E-state index in [1.165, 1.54) is 26.2 Å². The van der Waals surface area contributed by atoms with E-state index in [0.717, 1.165) is 13.4 Å². The first-order chi connectivity index (χ1) is 6.41. The van der Waals surface area contributed by atoms with Crippen molar-refractivity contribution >= 4 is 0 Å². The molecule has 0 aromatic heterocycles. The number of likely N-dealkylation sites (N-methyl/N-ethyl adjacent to an activating group) is 3. The van der Waals surface area contributed by atoms with Gasteiger partial charge in [-0.1, -0.05) is 0 Å². The zero-order valence-electron chi connectivity index (χ0n) is 12.2. The smallest absolute Gasteiger partial charge is 0.128 e. The fourth-order valence-corrected chi connectivity index (χ4v) is 1.25. The minimum absolute atomic E-state index is 1.06. The predicted octanol–water partition coefficient (Wildman–Crippen LogP) is 0.475. The molecule has 0 amide bonds. The molecule has 3 heteroatoms. The Bertz CT molecular complexity index is 164. The normalized spacial score (nSPS) is 14.4. The second kappa shape index (κ2) is 4.81. The van der Waals surface area contributed by atoms with Crippen LogP contribution in [0.25, 0.3) is 0 Å². The second-order valence-corrected chi connectivity index (χ2v) is 7.41. The standard InChI is InChI=1S/C12H32N3/c1-13(2,3)9-11-15(7,8)12-10-14(4,5)6/h9-12H2,1-8H3/q+3. The van der Waals surface area contributed by atoms with E-state index in [4.69, 9.17) is 0 Å². The van der Waals surface area contributed by atoms with Crippen molar-refractivity contribution in [2.24, 2.45) is 0 Å². The van der Waals surface area contributed by atoms with Crippen LogP contribution in [-0.2, 0) is 0 Å². The summed E-state index contributed by atoms with van der Waals surface area (Å²) in [5.74, 6) is 0. The van der Waals surface area contributed by atoms with Gasteiger partial charge in [0.05, 0.1) is 56.4 Å². The quantitative estimate of drug-likeness (QED) is 0.569. The Labute approximate surface area is 96.7 Å². The largest absolute Gasteiger partial charge is 0.326 e. The molecule has 0 rings (SSSR count). The molecule has 0 bridgehead atoms. The summed E-state index contributed by atoms with van der Waals surface area (Å²) in [5, 5.41) is 0. The number of hydrogen-bond donors (Lipinski definition) is 0. The average Bonchev–Trinajstić information content (AvgIpc) is 1.96. The SMILES string of the molecule is C[N+](C)(C)CC[N+](C)(C)CC[N+](C)(C)C. The number of nitrogens with zero attached hydrogens (tertiary/aromatic N) is 3. The van der Waals surface area contributed by atoms with Gasteiger partial charge < -0.3 is 13.4 Å². The van der Waals surface area contributed by atoms with Crippen molar-refractivity contribution in [3.63, 3.8) is 0 Å². The van der Waals surface area contributed by atoms with Gasteiger partial charge in [-0.25, -0.2) is 0 Å². The molecule has 0 saturated heterocycles. The van der Waals surface area contributed by atoms with Gasteiger partial charge in [0, 0.05) is 0 Å². The van der Waals surface area contributed by atoms with E-state index < -0.39 is 0 Å². The Morgan fingerprint density at radius 2 is 0.733 bits per heavy atom. The highest BCUT2D eigenvalue weighted by Crippen LogP contribution is 2.02. The van der Waals surface area contributed by atoms with Crippen molar-refractivity contribution in [3.8, 4) is 0 Å². The number of hydrogen-bond acceptors (Lipinski definition) is 0. The molecular weight excluding hydrogens is 186 g/mol. The molecule has 0 heterocycles. The van der Waals surface area contributed by atoms with Gasteiger partial charge in [0.1, 0.15) is 26.2 Å². The van der Waals surface area contributed by atoms with E-state index >= 15 is 0 Å². The Morgan fingerprint density at radius 1 is 0.467 bits per heavy atom. The first-order valence-electron chi connectivity index (χ1n) is 5.84. The third-order valence-electron chi connectivity index (χ3n) is 2.75. The summed E-state index contributed by atoms with van der Waals surface area (Å²) < 4.78 is 3.25. The summed E-state index contributed by atoms with van der Waals surface area (Å²) in [5.41, 5.74) is 0. The Morgan fingerprint density at radius 3 is 0.933 bits per heavy atom. The van der Waals surface area contributed by atoms with Gasteiger partial charge in [0.15, 0.2) is 0 Å². The maximum atomic E-state index is 2.34. The summed E-state index contributed by atoms with van der Waals surface area (Å²) >= 11 is 0. The van der Waals surface area contributed by atoms with E-state index in [2.05, 4.69) is 56.4 Å². The summed E-state index contributed by atoms with van der Waals surface area (Å²) in [7, 11) is 18.3. The van der Waals surface area contributed by atoms with Crippen molar-refractivity contribution in [2.45, 2.75) is 0 Å². The first kappa shape index (κ1) is 14.9. The summed E-state index contributed by atoms with van der Waals surface area (Å²) in [6.07, 6.45) is 0. The van der Waals surface area contributed by atoms with Crippen molar-refractivity contribution in [2.75, 3.05) is 82.6 Å². The molecule has 0 aliphatic heterocycles. The van der Waals surface area contributed by atoms with Crippen LogP contribution in [0.4, 0.5) is 0 Å². The van der Waals surface area contributed by atoms with E-state index in [-0.39, 0.29) is 0 Å². The highest BCUT2D eigenvalue weighted by Gasteiger charge is 2.22. The lowest BCUT2D eigenvalue weighted by atomic mass is 10.3. The van der Waals surface area contributed by atoms with Crippen molar-refractivity contribution in [3.05, 3.63) is 0 Å². The van der Waals surface area contributed by atoms with E-state index in [0.29, 0.717) is 0 Å². The molecule has 3 nitrogen and oxygen atoms in total. The highest BCUT2D eigenvalue weighted by molar-refractivity contribution is 4.35. The predicted molar refractivity (Wildman–Crippen MR) is 67.6 cm³/mol.